The van der Waals surface area contributed by atoms with Crippen LogP contribution in [-0.4, -0.2) is 46.0 Å². The van der Waals surface area contributed by atoms with E-state index in [-0.39, 0.29) is 17.3 Å². The van der Waals surface area contributed by atoms with E-state index in [4.69, 9.17) is 4.74 Å². The number of methoxy groups -OCH3 is 1. The molecule has 0 radical (unpaired) electrons. The Bertz CT molecular complexity index is 874. The number of hydrogen-bond acceptors (Lipinski definition) is 4. The summed E-state index contributed by atoms with van der Waals surface area (Å²) in [5.41, 5.74) is 1.32. The van der Waals surface area contributed by atoms with Gasteiger partial charge < -0.3 is 9.64 Å². The van der Waals surface area contributed by atoms with E-state index in [0.29, 0.717) is 24.8 Å². The molecule has 7 heteroatoms. The van der Waals surface area contributed by atoms with E-state index in [1.165, 1.54) is 24.8 Å². The van der Waals surface area contributed by atoms with Gasteiger partial charge in [-0.05, 0) is 55.0 Å². The molecule has 0 saturated carbocycles. The largest absolute Gasteiger partial charge is 0.497 e. The van der Waals surface area contributed by atoms with Crippen LogP contribution in [0, 0.1) is 5.92 Å². The van der Waals surface area contributed by atoms with Crippen LogP contribution >= 0.6 is 0 Å². The first-order chi connectivity index (χ1) is 13.5. The number of benzene rings is 2. The van der Waals surface area contributed by atoms with Crippen molar-refractivity contribution in [3.63, 3.8) is 0 Å². The maximum Gasteiger partial charge on any atom is 0.241 e. The van der Waals surface area contributed by atoms with Gasteiger partial charge in [-0.25, -0.2) is 13.1 Å². The molecule has 1 amide bonds. The number of likely N-dealkylation sites (tertiary alicyclic amines) is 1. The van der Waals surface area contributed by atoms with Crippen molar-refractivity contribution in [2.24, 2.45) is 5.92 Å². The fraction of sp³-hybridized carbons (Fsp3) is 0.381. The Kier molecular flexibility index (Phi) is 6.70. The third kappa shape index (κ3) is 5.33. The number of sulfonamides is 1. The van der Waals surface area contributed by atoms with Gasteiger partial charge >= 0.3 is 0 Å². The van der Waals surface area contributed by atoms with Gasteiger partial charge in [-0.1, -0.05) is 30.3 Å². The number of amides is 1. The van der Waals surface area contributed by atoms with Crippen LogP contribution in [0.4, 0.5) is 0 Å². The molecule has 3 rings (SSSR count). The zero-order chi connectivity index (χ0) is 20.0. The summed E-state index contributed by atoms with van der Waals surface area (Å²) in [5.74, 6) is 0.950. The predicted octanol–water partition coefficient (Wildman–Crippen LogP) is 2.45. The van der Waals surface area contributed by atoms with Crippen LogP contribution in [0.5, 0.6) is 5.75 Å². The van der Waals surface area contributed by atoms with Gasteiger partial charge in [-0.15, -0.1) is 0 Å². The molecule has 2 aromatic rings. The molecule has 1 aliphatic rings. The number of carbonyl (C=O) groups excluding carboxylic acids is 1. The summed E-state index contributed by atoms with van der Waals surface area (Å²) in [6.45, 7) is 1.11. The molecule has 150 valence electrons. The van der Waals surface area contributed by atoms with Crippen molar-refractivity contribution in [3.8, 4) is 5.75 Å². The van der Waals surface area contributed by atoms with Gasteiger partial charge in [0, 0.05) is 13.1 Å². The first kappa shape index (κ1) is 20.4. The molecule has 1 fully saturated rings. The van der Waals surface area contributed by atoms with Gasteiger partial charge in [0.2, 0.25) is 15.9 Å². The van der Waals surface area contributed by atoms with E-state index in [9.17, 15) is 13.2 Å². The van der Waals surface area contributed by atoms with Gasteiger partial charge in [0.1, 0.15) is 5.75 Å². The summed E-state index contributed by atoms with van der Waals surface area (Å²) in [5, 5.41) is 0. The molecule has 0 aromatic heterocycles. The lowest BCUT2D eigenvalue weighted by Crippen LogP contribution is -2.44. The Morgan fingerprint density at radius 3 is 2.32 bits per heavy atom. The third-order valence-corrected chi connectivity index (χ3v) is 6.53. The van der Waals surface area contributed by atoms with Gasteiger partial charge in [0.25, 0.3) is 0 Å². The minimum absolute atomic E-state index is 0.114. The van der Waals surface area contributed by atoms with Crippen LogP contribution in [0.2, 0.25) is 0 Å². The van der Waals surface area contributed by atoms with Crippen molar-refractivity contribution in [1.29, 1.82) is 0 Å². The van der Waals surface area contributed by atoms with Crippen LogP contribution in [0.3, 0.4) is 0 Å². The minimum atomic E-state index is -3.72. The molecule has 0 unspecified atom stereocenters. The Hall–Kier alpha value is -2.38. The molecular formula is C21H26N2O4S. The Balaban J connectivity index is 1.47. The summed E-state index contributed by atoms with van der Waals surface area (Å²) >= 11 is 0. The van der Waals surface area contributed by atoms with E-state index >= 15 is 0 Å². The first-order valence-corrected chi connectivity index (χ1v) is 10.9. The number of nitrogens with zero attached hydrogens (tertiary/aromatic N) is 1. The highest BCUT2D eigenvalue weighted by Crippen LogP contribution is 2.22. The van der Waals surface area contributed by atoms with Crippen molar-refractivity contribution >= 4 is 15.9 Å². The lowest BCUT2D eigenvalue weighted by atomic mass is 9.90. The molecule has 1 aliphatic heterocycles. The predicted molar refractivity (Wildman–Crippen MR) is 108 cm³/mol. The average Bonchev–Trinajstić information content (AvgIpc) is 2.73. The zero-order valence-corrected chi connectivity index (χ0v) is 16.8. The topological polar surface area (TPSA) is 75.7 Å². The molecule has 0 spiro atoms. The van der Waals surface area contributed by atoms with Gasteiger partial charge in [0.15, 0.2) is 0 Å². The summed E-state index contributed by atoms with van der Waals surface area (Å²) in [6.07, 6.45) is 2.89. The van der Waals surface area contributed by atoms with Crippen molar-refractivity contribution < 1.29 is 17.9 Å². The molecular weight excluding hydrogens is 376 g/mol. The smallest absolute Gasteiger partial charge is 0.241 e. The number of carbonyl (C=O) groups is 1. The van der Waals surface area contributed by atoms with Crippen LogP contribution in [0.1, 0.15) is 18.4 Å². The van der Waals surface area contributed by atoms with Crippen molar-refractivity contribution in [3.05, 3.63) is 60.2 Å². The Morgan fingerprint density at radius 2 is 1.71 bits per heavy atom. The van der Waals surface area contributed by atoms with E-state index in [0.717, 1.165) is 19.3 Å². The van der Waals surface area contributed by atoms with Crippen molar-refractivity contribution in [2.75, 3.05) is 26.7 Å². The van der Waals surface area contributed by atoms with E-state index in [2.05, 4.69) is 16.9 Å². The van der Waals surface area contributed by atoms with Crippen molar-refractivity contribution in [1.82, 2.24) is 9.62 Å². The first-order valence-electron chi connectivity index (χ1n) is 9.43. The number of piperidine rings is 1. The zero-order valence-electron chi connectivity index (χ0n) is 16.0. The lowest BCUT2D eigenvalue weighted by molar-refractivity contribution is -0.131. The van der Waals surface area contributed by atoms with Gasteiger partial charge in [-0.3, -0.25) is 4.79 Å². The van der Waals surface area contributed by atoms with E-state index < -0.39 is 10.0 Å². The molecule has 6 nitrogen and oxygen atoms in total. The standard InChI is InChI=1S/C21H26N2O4S/c1-27-19-7-9-20(10-8-19)28(25,26)22-16-21(24)23-13-11-18(12-14-23)15-17-5-3-2-4-6-17/h2-10,18,22H,11-16H2,1H3. The third-order valence-electron chi connectivity index (χ3n) is 5.12. The maximum absolute atomic E-state index is 12.4. The Labute approximate surface area is 166 Å². The van der Waals surface area contributed by atoms with Gasteiger partial charge in [-0.2, -0.15) is 0 Å². The fourth-order valence-corrected chi connectivity index (χ4v) is 4.42. The second-order valence-corrected chi connectivity index (χ2v) is 8.78. The number of nitrogens with one attached hydrogen (secondary N) is 1. The van der Waals surface area contributed by atoms with E-state index in [1.54, 1.807) is 17.0 Å². The van der Waals surface area contributed by atoms with Crippen LogP contribution < -0.4 is 9.46 Å². The highest BCUT2D eigenvalue weighted by Gasteiger charge is 2.24. The molecule has 0 bridgehead atoms. The summed E-state index contributed by atoms with van der Waals surface area (Å²) < 4.78 is 32.1. The quantitative estimate of drug-likeness (QED) is 0.772. The normalized spacial score (nSPS) is 15.4. The van der Waals surface area contributed by atoms with Crippen LogP contribution in [0.15, 0.2) is 59.5 Å². The SMILES string of the molecule is COc1ccc(S(=O)(=O)NCC(=O)N2CCC(Cc3ccccc3)CC2)cc1. The molecule has 1 heterocycles. The van der Waals surface area contributed by atoms with Crippen LogP contribution in [-0.2, 0) is 21.2 Å². The second-order valence-electron chi connectivity index (χ2n) is 7.01. The van der Waals surface area contributed by atoms with Gasteiger partial charge in [0.05, 0.1) is 18.6 Å². The molecule has 28 heavy (non-hydrogen) atoms. The number of rotatable bonds is 7. The minimum Gasteiger partial charge on any atom is -0.497 e. The summed E-state index contributed by atoms with van der Waals surface area (Å²) in [6, 6.07) is 16.4. The number of hydrogen-bond donors (Lipinski definition) is 1. The monoisotopic (exact) mass is 402 g/mol. The molecule has 0 atom stereocenters. The fourth-order valence-electron chi connectivity index (χ4n) is 3.44. The average molecular weight is 403 g/mol. The molecule has 1 saturated heterocycles. The highest BCUT2D eigenvalue weighted by atomic mass is 32.2. The molecule has 1 N–H and O–H groups in total. The maximum atomic E-state index is 12.4. The van der Waals surface area contributed by atoms with Crippen molar-refractivity contribution in [2.45, 2.75) is 24.2 Å². The summed E-state index contributed by atoms with van der Waals surface area (Å²) in [7, 11) is -2.21. The molecule has 0 aliphatic carbocycles. The Morgan fingerprint density at radius 1 is 1.07 bits per heavy atom. The second kappa shape index (κ2) is 9.21. The summed E-state index contributed by atoms with van der Waals surface area (Å²) in [4.78, 5) is 14.3. The highest BCUT2D eigenvalue weighted by molar-refractivity contribution is 7.89. The van der Waals surface area contributed by atoms with Crippen LogP contribution in [0.25, 0.3) is 0 Å². The molecule has 2 aromatic carbocycles. The number of ether oxygens (including phenoxy) is 1. The van der Waals surface area contributed by atoms with E-state index in [1.807, 2.05) is 18.2 Å². The lowest BCUT2D eigenvalue weighted by Gasteiger charge is -2.32.